The van der Waals surface area contributed by atoms with Crippen LogP contribution in [-0.2, 0) is 9.47 Å². The smallest absolute Gasteiger partial charge is 0.172 e. The predicted octanol–water partition coefficient (Wildman–Crippen LogP) is 2.25. The number of hydrogen-bond donors (Lipinski definition) is 4. The van der Waals surface area contributed by atoms with E-state index in [1.54, 1.807) is 0 Å². The molecule has 0 heterocycles. The number of rotatable bonds is 8. The Morgan fingerprint density at radius 2 is 1.27 bits per heavy atom. The maximum atomic E-state index is 5.21. The zero-order valence-corrected chi connectivity index (χ0v) is 14.4. The highest BCUT2D eigenvalue weighted by Gasteiger charge is 2.05. The second kappa shape index (κ2) is 11.1. The van der Waals surface area contributed by atoms with Crippen LogP contribution in [0.4, 0.5) is 11.4 Å². The summed E-state index contributed by atoms with van der Waals surface area (Å²) in [6, 6.07) is 7.63. The van der Waals surface area contributed by atoms with Gasteiger partial charge in [-0.15, -0.1) is 0 Å². The van der Waals surface area contributed by atoms with Crippen LogP contribution in [0.1, 0.15) is 13.8 Å². The fourth-order valence-electron chi connectivity index (χ4n) is 1.47. The second-order valence-electron chi connectivity index (χ2n) is 4.08. The third-order valence-corrected chi connectivity index (χ3v) is 2.99. The van der Waals surface area contributed by atoms with Gasteiger partial charge in [-0.3, -0.25) is 0 Å². The molecule has 0 fully saturated rings. The number of benzene rings is 1. The van der Waals surface area contributed by atoms with Crippen LogP contribution in [0.25, 0.3) is 0 Å². The molecule has 8 heteroatoms. The predicted molar refractivity (Wildman–Crippen MR) is 98.1 cm³/mol. The van der Waals surface area contributed by atoms with Crippen LogP contribution < -0.4 is 21.3 Å². The summed E-state index contributed by atoms with van der Waals surface area (Å²) in [5, 5.41) is 13.1. The number of para-hydroxylation sites is 2. The fraction of sp³-hybridized carbons (Fsp3) is 0.429. The molecule has 0 spiro atoms. The summed E-state index contributed by atoms with van der Waals surface area (Å²) >= 11 is 10.4. The maximum Gasteiger partial charge on any atom is 0.172 e. The van der Waals surface area contributed by atoms with E-state index >= 15 is 0 Å². The van der Waals surface area contributed by atoms with Gasteiger partial charge in [-0.05, 0) is 50.4 Å². The van der Waals surface area contributed by atoms with Gasteiger partial charge in [-0.1, -0.05) is 12.1 Å². The zero-order chi connectivity index (χ0) is 16.2. The number of hydrogen-bond acceptors (Lipinski definition) is 4. The summed E-state index contributed by atoms with van der Waals surface area (Å²) in [6.45, 7) is 5.85. The zero-order valence-electron chi connectivity index (χ0n) is 12.8. The molecular weight excluding hydrogens is 320 g/mol. The fourth-order valence-corrected chi connectivity index (χ4v) is 1.81. The van der Waals surface area contributed by atoms with E-state index in [2.05, 4.69) is 21.3 Å². The lowest BCUT2D eigenvalue weighted by Crippen LogP contribution is -2.32. The lowest BCUT2D eigenvalue weighted by Gasteiger charge is -2.16. The molecule has 0 bridgehead atoms. The summed E-state index contributed by atoms with van der Waals surface area (Å²) in [6.07, 6.45) is 0. The molecular formula is C14H22N4O2S2. The number of ether oxygens (including phenoxy) is 2. The summed E-state index contributed by atoms with van der Waals surface area (Å²) in [5.41, 5.74) is 1.63. The van der Waals surface area contributed by atoms with Gasteiger partial charge in [0, 0.05) is 13.2 Å². The van der Waals surface area contributed by atoms with Gasteiger partial charge in [-0.2, -0.15) is 0 Å². The van der Waals surface area contributed by atoms with Gasteiger partial charge >= 0.3 is 0 Å². The minimum absolute atomic E-state index is 0.367. The number of nitrogens with one attached hydrogen (secondary N) is 4. The van der Waals surface area contributed by atoms with Gasteiger partial charge in [0.1, 0.15) is 13.5 Å². The Morgan fingerprint density at radius 1 is 0.864 bits per heavy atom. The third-order valence-electron chi connectivity index (χ3n) is 2.50. The van der Waals surface area contributed by atoms with Gasteiger partial charge in [0.15, 0.2) is 10.2 Å². The minimum atomic E-state index is 0.367. The molecule has 0 aliphatic carbocycles. The summed E-state index contributed by atoms with van der Waals surface area (Å²) in [5.74, 6) is 0. The Hall–Kier alpha value is -1.48. The molecule has 0 amide bonds. The van der Waals surface area contributed by atoms with Crippen LogP contribution in [0.5, 0.6) is 0 Å². The van der Waals surface area contributed by atoms with E-state index in [1.807, 2.05) is 38.1 Å². The standard InChI is InChI=1S/C14H22N4O2S2/c1-3-19-9-15-13(21)17-11-7-5-6-8-12(11)18-14(22)16-10-20-4-2/h5-8H,3-4,9-10H2,1-2H3,(H2,15,17,21)(H2,16,18,22). The SMILES string of the molecule is CCOCNC(=S)Nc1ccccc1NC(=S)NCOCC. The molecule has 1 rings (SSSR count). The average Bonchev–Trinajstić information content (AvgIpc) is 2.50. The van der Waals surface area contributed by atoms with Crippen LogP contribution >= 0.6 is 24.4 Å². The quantitative estimate of drug-likeness (QED) is 0.326. The number of anilines is 2. The summed E-state index contributed by atoms with van der Waals surface area (Å²) in [4.78, 5) is 0. The average molecular weight is 342 g/mol. The van der Waals surface area contributed by atoms with E-state index in [0.717, 1.165) is 11.4 Å². The molecule has 1 aromatic carbocycles. The molecule has 6 nitrogen and oxygen atoms in total. The first-order valence-corrected chi connectivity index (χ1v) is 7.83. The molecule has 0 aliphatic heterocycles. The molecule has 0 saturated carbocycles. The Labute approximate surface area is 141 Å². The first kappa shape index (κ1) is 18.6. The van der Waals surface area contributed by atoms with Crippen LogP contribution in [0.15, 0.2) is 24.3 Å². The lowest BCUT2D eigenvalue weighted by molar-refractivity contribution is 0.142. The Kier molecular flexibility index (Phi) is 9.40. The van der Waals surface area contributed by atoms with Crippen molar-refractivity contribution in [2.24, 2.45) is 0 Å². The minimum Gasteiger partial charge on any atom is -0.362 e. The van der Waals surface area contributed by atoms with Crippen LogP contribution in [0.2, 0.25) is 0 Å². The van der Waals surface area contributed by atoms with Crippen LogP contribution in [0, 0.1) is 0 Å². The molecule has 22 heavy (non-hydrogen) atoms. The van der Waals surface area contributed by atoms with E-state index < -0.39 is 0 Å². The van der Waals surface area contributed by atoms with E-state index in [1.165, 1.54) is 0 Å². The first-order chi connectivity index (χ1) is 10.7. The molecule has 0 radical (unpaired) electrons. The van der Waals surface area contributed by atoms with Gasteiger partial charge in [0.2, 0.25) is 0 Å². The number of thiocarbonyl (C=S) groups is 2. The third kappa shape index (κ3) is 7.51. The van der Waals surface area contributed by atoms with Crippen molar-refractivity contribution >= 4 is 46.0 Å². The van der Waals surface area contributed by atoms with Crippen LogP contribution in [0.3, 0.4) is 0 Å². The topological polar surface area (TPSA) is 66.6 Å². The van der Waals surface area contributed by atoms with Crippen molar-refractivity contribution in [2.75, 3.05) is 37.3 Å². The van der Waals surface area contributed by atoms with E-state index in [4.69, 9.17) is 33.9 Å². The molecule has 1 aromatic rings. The van der Waals surface area contributed by atoms with Gasteiger partial charge in [0.05, 0.1) is 11.4 Å². The highest BCUT2D eigenvalue weighted by Crippen LogP contribution is 2.20. The highest BCUT2D eigenvalue weighted by molar-refractivity contribution is 7.80. The van der Waals surface area contributed by atoms with Gasteiger partial charge in [-0.25, -0.2) is 0 Å². The summed E-state index contributed by atoms with van der Waals surface area (Å²) < 4.78 is 10.4. The van der Waals surface area contributed by atoms with Gasteiger partial charge < -0.3 is 30.7 Å². The molecule has 4 N–H and O–H groups in total. The molecule has 122 valence electrons. The molecule has 0 saturated heterocycles. The van der Waals surface area contributed by atoms with Crippen LogP contribution in [-0.4, -0.2) is 36.9 Å². The second-order valence-corrected chi connectivity index (χ2v) is 4.90. The molecule has 0 aliphatic rings. The van der Waals surface area contributed by atoms with Gasteiger partial charge in [0.25, 0.3) is 0 Å². The maximum absolute atomic E-state index is 5.21. The van der Waals surface area contributed by atoms with Crippen molar-refractivity contribution < 1.29 is 9.47 Å². The van der Waals surface area contributed by atoms with Crippen molar-refractivity contribution in [3.05, 3.63) is 24.3 Å². The Bertz CT molecular complexity index is 443. The van der Waals surface area contributed by atoms with E-state index in [0.29, 0.717) is 36.9 Å². The van der Waals surface area contributed by atoms with Crippen molar-refractivity contribution in [3.8, 4) is 0 Å². The van der Waals surface area contributed by atoms with Crippen molar-refractivity contribution in [1.82, 2.24) is 10.6 Å². The van der Waals surface area contributed by atoms with Crippen molar-refractivity contribution in [1.29, 1.82) is 0 Å². The lowest BCUT2D eigenvalue weighted by atomic mass is 10.2. The normalized spacial score (nSPS) is 9.91. The van der Waals surface area contributed by atoms with E-state index in [9.17, 15) is 0 Å². The highest BCUT2D eigenvalue weighted by atomic mass is 32.1. The largest absolute Gasteiger partial charge is 0.362 e. The van der Waals surface area contributed by atoms with E-state index in [-0.39, 0.29) is 0 Å². The molecule has 0 atom stereocenters. The van der Waals surface area contributed by atoms with Crippen molar-refractivity contribution in [3.63, 3.8) is 0 Å². The Balaban J connectivity index is 2.54. The summed E-state index contributed by atoms with van der Waals surface area (Å²) in [7, 11) is 0. The first-order valence-electron chi connectivity index (χ1n) is 7.01. The monoisotopic (exact) mass is 342 g/mol. The molecule has 0 unspecified atom stereocenters. The van der Waals surface area contributed by atoms with Crippen molar-refractivity contribution in [2.45, 2.75) is 13.8 Å². The Morgan fingerprint density at radius 3 is 1.64 bits per heavy atom. The molecule has 0 aromatic heterocycles.